The predicted molar refractivity (Wildman–Crippen MR) is 66.2 cm³/mol. The number of ether oxygens (including phenoxy) is 1. The quantitative estimate of drug-likeness (QED) is 0.714. The first-order chi connectivity index (χ1) is 8.01. The number of likely N-dealkylation sites (N-methyl/N-ethyl adjacent to an activating group) is 1. The highest BCUT2D eigenvalue weighted by atomic mass is 16.5. The van der Waals surface area contributed by atoms with Gasteiger partial charge in [-0.05, 0) is 26.8 Å². The van der Waals surface area contributed by atoms with Crippen LogP contribution in [-0.4, -0.2) is 60.9 Å². The molecule has 0 amide bonds. The minimum absolute atomic E-state index is 0.300. The Hall–Kier alpha value is -0.650. The first kappa shape index (κ1) is 14.4. The van der Waals surface area contributed by atoms with E-state index in [9.17, 15) is 4.79 Å². The minimum Gasteiger partial charge on any atom is -0.480 e. The second-order valence-electron chi connectivity index (χ2n) is 4.84. The lowest BCUT2D eigenvalue weighted by atomic mass is 9.98. The number of aliphatic carboxylic acids is 1. The van der Waals surface area contributed by atoms with Gasteiger partial charge >= 0.3 is 5.97 Å². The smallest absolute Gasteiger partial charge is 0.323 e. The second kappa shape index (κ2) is 6.33. The maximum Gasteiger partial charge on any atom is 0.323 e. The molecule has 0 bridgehead atoms. The number of nitrogens with one attached hydrogen (secondary N) is 1. The first-order valence-electron chi connectivity index (χ1n) is 6.28. The van der Waals surface area contributed by atoms with Gasteiger partial charge in [0.25, 0.3) is 0 Å². The Morgan fingerprint density at radius 1 is 1.65 bits per heavy atom. The number of rotatable bonds is 6. The first-order valence-corrected chi connectivity index (χ1v) is 6.28. The summed E-state index contributed by atoms with van der Waals surface area (Å²) < 4.78 is 5.59. The molecule has 1 aliphatic rings. The monoisotopic (exact) mass is 244 g/mol. The molecule has 1 fully saturated rings. The maximum atomic E-state index is 11.1. The van der Waals surface area contributed by atoms with Crippen molar-refractivity contribution in [2.24, 2.45) is 0 Å². The van der Waals surface area contributed by atoms with Gasteiger partial charge in [-0.2, -0.15) is 0 Å². The van der Waals surface area contributed by atoms with Gasteiger partial charge in [0.1, 0.15) is 5.54 Å². The van der Waals surface area contributed by atoms with Crippen LogP contribution in [0.15, 0.2) is 0 Å². The van der Waals surface area contributed by atoms with Crippen molar-refractivity contribution in [2.45, 2.75) is 38.3 Å². The summed E-state index contributed by atoms with van der Waals surface area (Å²) in [6.07, 6.45) is 1.92. The molecule has 5 heteroatoms. The van der Waals surface area contributed by atoms with Crippen molar-refractivity contribution in [1.82, 2.24) is 10.2 Å². The number of hydrogen-bond donors (Lipinski definition) is 2. The van der Waals surface area contributed by atoms with Crippen LogP contribution in [0.4, 0.5) is 0 Å². The van der Waals surface area contributed by atoms with E-state index in [1.807, 2.05) is 0 Å². The Morgan fingerprint density at radius 3 is 2.88 bits per heavy atom. The molecule has 1 saturated heterocycles. The topological polar surface area (TPSA) is 61.8 Å². The van der Waals surface area contributed by atoms with Gasteiger partial charge in [0.15, 0.2) is 0 Å². The maximum absolute atomic E-state index is 11.1. The predicted octanol–water partition coefficient (Wildman–Crippen LogP) is 0.550. The van der Waals surface area contributed by atoms with E-state index in [-0.39, 0.29) is 0 Å². The molecule has 0 aromatic rings. The third kappa shape index (κ3) is 3.94. The van der Waals surface area contributed by atoms with Crippen LogP contribution in [0.5, 0.6) is 0 Å². The number of carboxylic acids is 1. The normalized spacial score (nSPS) is 25.5. The van der Waals surface area contributed by atoms with Crippen LogP contribution in [0.25, 0.3) is 0 Å². The van der Waals surface area contributed by atoms with Crippen molar-refractivity contribution >= 4 is 5.97 Å². The minimum atomic E-state index is -0.833. The molecule has 100 valence electrons. The highest BCUT2D eigenvalue weighted by Gasteiger charge is 2.32. The molecular weight excluding hydrogens is 220 g/mol. The lowest BCUT2D eigenvalue weighted by Gasteiger charge is -2.34. The largest absolute Gasteiger partial charge is 0.480 e. The highest BCUT2D eigenvalue weighted by Crippen LogP contribution is 2.13. The molecule has 0 aliphatic carbocycles. The van der Waals surface area contributed by atoms with Crippen molar-refractivity contribution < 1.29 is 14.6 Å². The highest BCUT2D eigenvalue weighted by molar-refractivity contribution is 5.78. The van der Waals surface area contributed by atoms with E-state index in [2.05, 4.69) is 17.1 Å². The number of nitrogens with zero attached hydrogens (tertiary/aromatic N) is 1. The van der Waals surface area contributed by atoms with Crippen LogP contribution in [-0.2, 0) is 9.53 Å². The SMILES string of the molecule is CCC1CN(CCC(C)(NC)C(=O)O)CCO1. The molecule has 17 heavy (non-hydrogen) atoms. The Bertz CT molecular complexity index is 260. The lowest BCUT2D eigenvalue weighted by Crippen LogP contribution is -2.51. The summed E-state index contributed by atoms with van der Waals surface area (Å²) in [6.45, 7) is 7.20. The van der Waals surface area contributed by atoms with Crippen molar-refractivity contribution in [2.75, 3.05) is 33.3 Å². The van der Waals surface area contributed by atoms with Crippen LogP contribution in [0.1, 0.15) is 26.7 Å². The van der Waals surface area contributed by atoms with Crippen molar-refractivity contribution in [3.05, 3.63) is 0 Å². The van der Waals surface area contributed by atoms with Gasteiger partial charge < -0.3 is 15.2 Å². The van der Waals surface area contributed by atoms with Crippen LogP contribution in [0, 0.1) is 0 Å². The molecule has 2 N–H and O–H groups in total. The molecule has 0 saturated carbocycles. The number of carboxylic acid groups (broad SMARTS) is 1. The van der Waals surface area contributed by atoms with Crippen molar-refractivity contribution in [3.8, 4) is 0 Å². The van der Waals surface area contributed by atoms with E-state index >= 15 is 0 Å². The third-order valence-corrected chi connectivity index (χ3v) is 3.63. The molecule has 1 heterocycles. The van der Waals surface area contributed by atoms with Crippen molar-refractivity contribution in [3.63, 3.8) is 0 Å². The van der Waals surface area contributed by atoms with Crippen molar-refractivity contribution in [1.29, 1.82) is 0 Å². The fraction of sp³-hybridized carbons (Fsp3) is 0.917. The fourth-order valence-corrected chi connectivity index (χ4v) is 1.95. The van der Waals surface area contributed by atoms with E-state index in [0.29, 0.717) is 12.5 Å². The third-order valence-electron chi connectivity index (χ3n) is 3.63. The summed E-state index contributed by atoms with van der Waals surface area (Å²) in [5.74, 6) is -0.791. The second-order valence-corrected chi connectivity index (χ2v) is 4.84. The van der Waals surface area contributed by atoms with Gasteiger partial charge in [-0.3, -0.25) is 9.69 Å². The average Bonchev–Trinajstić information content (AvgIpc) is 2.36. The molecule has 0 aromatic carbocycles. The molecular formula is C12H24N2O3. The van der Waals surface area contributed by atoms with Gasteiger partial charge in [-0.1, -0.05) is 6.92 Å². The Morgan fingerprint density at radius 2 is 2.35 bits per heavy atom. The summed E-state index contributed by atoms with van der Waals surface area (Å²) >= 11 is 0. The number of hydrogen-bond acceptors (Lipinski definition) is 4. The summed E-state index contributed by atoms with van der Waals surface area (Å²) in [5.41, 5.74) is -0.833. The molecule has 5 nitrogen and oxygen atoms in total. The van der Waals surface area contributed by atoms with Gasteiger partial charge in [0.2, 0.25) is 0 Å². The van der Waals surface area contributed by atoms with Gasteiger partial charge in [0, 0.05) is 19.6 Å². The zero-order valence-electron chi connectivity index (χ0n) is 11.0. The van der Waals surface area contributed by atoms with E-state index in [1.165, 1.54) is 0 Å². The molecule has 2 unspecified atom stereocenters. The van der Waals surface area contributed by atoms with Crippen LogP contribution >= 0.6 is 0 Å². The molecule has 0 spiro atoms. The molecule has 2 atom stereocenters. The van der Waals surface area contributed by atoms with Crippen LogP contribution in [0.3, 0.4) is 0 Å². The standard InChI is InChI=1S/C12H24N2O3/c1-4-10-9-14(7-8-17-10)6-5-12(2,13-3)11(15)16/h10,13H,4-9H2,1-3H3,(H,15,16). The summed E-state index contributed by atoms with van der Waals surface area (Å²) in [5, 5.41) is 12.0. The Kier molecular flexibility index (Phi) is 5.36. The summed E-state index contributed by atoms with van der Waals surface area (Å²) in [4.78, 5) is 13.4. The summed E-state index contributed by atoms with van der Waals surface area (Å²) in [7, 11) is 1.70. The Balaban J connectivity index is 2.41. The van der Waals surface area contributed by atoms with Crippen LogP contribution < -0.4 is 5.32 Å². The van der Waals surface area contributed by atoms with Gasteiger partial charge in [-0.25, -0.2) is 0 Å². The zero-order valence-corrected chi connectivity index (χ0v) is 11.0. The molecule has 0 aromatic heterocycles. The fourth-order valence-electron chi connectivity index (χ4n) is 1.95. The average molecular weight is 244 g/mol. The van der Waals surface area contributed by atoms with E-state index in [1.54, 1.807) is 14.0 Å². The van der Waals surface area contributed by atoms with E-state index in [4.69, 9.17) is 9.84 Å². The number of carbonyl (C=O) groups is 1. The van der Waals surface area contributed by atoms with Gasteiger partial charge in [0.05, 0.1) is 12.7 Å². The molecule has 0 radical (unpaired) electrons. The lowest BCUT2D eigenvalue weighted by molar-refractivity contribution is -0.144. The zero-order chi connectivity index (χ0) is 12.9. The van der Waals surface area contributed by atoms with Crippen LogP contribution in [0.2, 0.25) is 0 Å². The Labute approximate surface area is 103 Å². The molecule has 1 rings (SSSR count). The summed E-state index contributed by atoms with van der Waals surface area (Å²) in [6, 6.07) is 0. The van der Waals surface area contributed by atoms with Gasteiger partial charge in [-0.15, -0.1) is 0 Å². The molecule has 1 aliphatic heterocycles. The van der Waals surface area contributed by atoms with E-state index < -0.39 is 11.5 Å². The van der Waals surface area contributed by atoms with E-state index in [0.717, 1.165) is 32.7 Å². The number of morpholine rings is 1.